The van der Waals surface area contributed by atoms with E-state index in [1.165, 1.54) is 0 Å². The summed E-state index contributed by atoms with van der Waals surface area (Å²) in [6.45, 7) is 9.48. The SMILES string of the molecule is CCNC(C)C(c1nc(-c2ccco2)no1)C(C)C. The van der Waals surface area contributed by atoms with Crippen molar-refractivity contribution in [3.8, 4) is 11.6 Å². The highest BCUT2D eigenvalue weighted by molar-refractivity contribution is 5.44. The predicted molar refractivity (Wildman–Crippen MR) is 72.7 cm³/mol. The van der Waals surface area contributed by atoms with E-state index >= 15 is 0 Å². The van der Waals surface area contributed by atoms with Gasteiger partial charge in [-0.25, -0.2) is 0 Å². The molecule has 0 amide bonds. The summed E-state index contributed by atoms with van der Waals surface area (Å²) in [5.74, 6) is 2.41. The fourth-order valence-corrected chi connectivity index (χ4v) is 2.40. The van der Waals surface area contributed by atoms with Crippen LogP contribution in [-0.2, 0) is 0 Å². The summed E-state index contributed by atoms with van der Waals surface area (Å²) in [5, 5.41) is 7.42. The van der Waals surface area contributed by atoms with Crippen molar-refractivity contribution >= 4 is 0 Å². The number of furan rings is 1. The second kappa shape index (κ2) is 6.02. The average Bonchev–Trinajstić information content (AvgIpc) is 2.98. The lowest BCUT2D eigenvalue weighted by molar-refractivity contribution is 0.281. The monoisotopic (exact) mass is 263 g/mol. The molecule has 2 aromatic heterocycles. The standard InChI is InChI=1S/C14H21N3O2/c1-5-15-10(4)12(9(2)3)14-16-13(17-19-14)11-7-6-8-18-11/h6-10,12,15H,5H2,1-4H3. The van der Waals surface area contributed by atoms with Crippen molar-refractivity contribution in [2.24, 2.45) is 5.92 Å². The van der Waals surface area contributed by atoms with Crippen molar-refractivity contribution < 1.29 is 8.94 Å². The normalized spacial score (nSPS) is 14.8. The number of likely N-dealkylation sites (N-methyl/N-ethyl adjacent to an activating group) is 1. The van der Waals surface area contributed by atoms with Crippen LogP contribution < -0.4 is 5.32 Å². The van der Waals surface area contributed by atoms with Gasteiger partial charge in [0.15, 0.2) is 5.76 Å². The second-order valence-electron chi connectivity index (χ2n) is 5.05. The highest BCUT2D eigenvalue weighted by Gasteiger charge is 2.28. The summed E-state index contributed by atoms with van der Waals surface area (Å²) in [6.07, 6.45) is 1.60. The van der Waals surface area contributed by atoms with E-state index in [1.54, 1.807) is 6.26 Å². The van der Waals surface area contributed by atoms with Crippen LogP contribution in [0.4, 0.5) is 0 Å². The Morgan fingerprint density at radius 2 is 2.11 bits per heavy atom. The number of hydrogen-bond donors (Lipinski definition) is 1. The Kier molecular flexibility index (Phi) is 4.37. The summed E-state index contributed by atoms with van der Waals surface area (Å²) in [4.78, 5) is 4.47. The molecule has 0 aliphatic heterocycles. The molecule has 0 aliphatic rings. The lowest BCUT2D eigenvalue weighted by Gasteiger charge is -2.24. The summed E-state index contributed by atoms with van der Waals surface area (Å²) in [7, 11) is 0. The number of nitrogens with one attached hydrogen (secondary N) is 1. The minimum Gasteiger partial charge on any atom is -0.461 e. The van der Waals surface area contributed by atoms with E-state index in [1.807, 2.05) is 12.1 Å². The van der Waals surface area contributed by atoms with Gasteiger partial charge >= 0.3 is 0 Å². The number of rotatable bonds is 6. The third-order valence-corrected chi connectivity index (χ3v) is 3.25. The summed E-state index contributed by atoms with van der Waals surface area (Å²) in [6, 6.07) is 3.93. The third-order valence-electron chi connectivity index (χ3n) is 3.25. The van der Waals surface area contributed by atoms with Crippen LogP contribution in [0.15, 0.2) is 27.3 Å². The van der Waals surface area contributed by atoms with Crippen molar-refractivity contribution in [1.82, 2.24) is 15.5 Å². The third kappa shape index (κ3) is 3.04. The minimum absolute atomic E-state index is 0.191. The molecule has 2 aromatic rings. The van der Waals surface area contributed by atoms with Crippen LogP contribution >= 0.6 is 0 Å². The Balaban J connectivity index is 2.23. The molecule has 0 saturated carbocycles. The molecule has 0 aromatic carbocycles. The van der Waals surface area contributed by atoms with Gasteiger partial charge in [-0.1, -0.05) is 25.9 Å². The first-order chi connectivity index (χ1) is 9.13. The molecule has 19 heavy (non-hydrogen) atoms. The van der Waals surface area contributed by atoms with Crippen LogP contribution in [0.1, 0.15) is 39.5 Å². The van der Waals surface area contributed by atoms with E-state index < -0.39 is 0 Å². The number of nitrogens with zero attached hydrogens (tertiary/aromatic N) is 2. The molecular formula is C14H21N3O2. The minimum atomic E-state index is 0.191. The Morgan fingerprint density at radius 1 is 1.32 bits per heavy atom. The van der Waals surface area contributed by atoms with E-state index in [0.29, 0.717) is 23.4 Å². The van der Waals surface area contributed by atoms with E-state index in [-0.39, 0.29) is 12.0 Å². The molecule has 0 bridgehead atoms. The molecule has 2 atom stereocenters. The lowest BCUT2D eigenvalue weighted by Crippen LogP contribution is -2.34. The van der Waals surface area contributed by atoms with Gasteiger partial charge < -0.3 is 14.3 Å². The Labute approximate surface area is 113 Å². The van der Waals surface area contributed by atoms with Gasteiger partial charge in [-0.15, -0.1) is 0 Å². The molecule has 0 fully saturated rings. The Bertz CT molecular complexity index is 491. The lowest BCUT2D eigenvalue weighted by atomic mass is 9.89. The first kappa shape index (κ1) is 13.8. The maximum Gasteiger partial charge on any atom is 0.238 e. The van der Waals surface area contributed by atoms with Crippen molar-refractivity contribution in [3.63, 3.8) is 0 Å². The zero-order chi connectivity index (χ0) is 13.8. The molecule has 5 heteroatoms. The maximum absolute atomic E-state index is 5.42. The summed E-state index contributed by atoms with van der Waals surface area (Å²) >= 11 is 0. The molecule has 0 spiro atoms. The van der Waals surface area contributed by atoms with Gasteiger partial charge in [-0.05, 0) is 31.5 Å². The van der Waals surface area contributed by atoms with Crippen LogP contribution in [-0.4, -0.2) is 22.7 Å². The molecule has 0 aliphatic carbocycles. The van der Waals surface area contributed by atoms with Gasteiger partial charge in [0.25, 0.3) is 0 Å². The number of hydrogen-bond acceptors (Lipinski definition) is 5. The van der Waals surface area contributed by atoms with Crippen molar-refractivity contribution in [3.05, 3.63) is 24.3 Å². The molecular weight excluding hydrogens is 242 g/mol. The fourth-order valence-electron chi connectivity index (χ4n) is 2.40. The average molecular weight is 263 g/mol. The maximum atomic E-state index is 5.42. The molecule has 0 radical (unpaired) electrons. The molecule has 5 nitrogen and oxygen atoms in total. The van der Waals surface area contributed by atoms with Gasteiger partial charge in [-0.3, -0.25) is 0 Å². The fraction of sp³-hybridized carbons (Fsp3) is 0.571. The highest BCUT2D eigenvalue weighted by atomic mass is 16.5. The van der Waals surface area contributed by atoms with Crippen molar-refractivity contribution in [2.75, 3.05) is 6.54 Å². The van der Waals surface area contributed by atoms with Crippen LogP contribution in [0.25, 0.3) is 11.6 Å². The second-order valence-corrected chi connectivity index (χ2v) is 5.05. The zero-order valence-corrected chi connectivity index (χ0v) is 11.9. The van der Waals surface area contributed by atoms with E-state index in [2.05, 4.69) is 43.2 Å². The first-order valence-corrected chi connectivity index (χ1v) is 6.74. The van der Waals surface area contributed by atoms with Crippen molar-refractivity contribution in [2.45, 2.75) is 39.7 Å². The van der Waals surface area contributed by atoms with Gasteiger partial charge in [-0.2, -0.15) is 4.98 Å². The largest absolute Gasteiger partial charge is 0.461 e. The Hall–Kier alpha value is -1.62. The topological polar surface area (TPSA) is 64.1 Å². The Morgan fingerprint density at radius 3 is 2.68 bits per heavy atom. The zero-order valence-electron chi connectivity index (χ0n) is 11.9. The molecule has 104 valence electrons. The van der Waals surface area contributed by atoms with E-state index in [0.717, 1.165) is 6.54 Å². The molecule has 0 saturated heterocycles. The van der Waals surface area contributed by atoms with Crippen LogP contribution in [0.2, 0.25) is 0 Å². The van der Waals surface area contributed by atoms with Crippen LogP contribution in [0.5, 0.6) is 0 Å². The predicted octanol–water partition coefficient (Wildman–Crippen LogP) is 3.07. The molecule has 2 unspecified atom stereocenters. The summed E-state index contributed by atoms with van der Waals surface area (Å²) in [5.41, 5.74) is 0. The summed E-state index contributed by atoms with van der Waals surface area (Å²) < 4.78 is 10.7. The first-order valence-electron chi connectivity index (χ1n) is 6.74. The highest BCUT2D eigenvalue weighted by Crippen LogP contribution is 2.28. The van der Waals surface area contributed by atoms with Crippen LogP contribution in [0, 0.1) is 5.92 Å². The number of aromatic nitrogens is 2. The van der Waals surface area contributed by atoms with E-state index in [9.17, 15) is 0 Å². The molecule has 2 rings (SSSR count). The van der Waals surface area contributed by atoms with Gasteiger partial charge in [0.2, 0.25) is 11.7 Å². The molecule has 1 N–H and O–H groups in total. The van der Waals surface area contributed by atoms with E-state index in [4.69, 9.17) is 8.94 Å². The quantitative estimate of drug-likeness (QED) is 0.867. The molecule has 2 heterocycles. The van der Waals surface area contributed by atoms with Crippen LogP contribution in [0.3, 0.4) is 0 Å². The van der Waals surface area contributed by atoms with Gasteiger partial charge in [0.05, 0.1) is 12.2 Å². The van der Waals surface area contributed by atoms with Crippen molar-refractivity contribution in [1.29, 1.82) is 0 Å². The smallest absolute Gasteiger partial charge is 0.238 e. The van der Waals surface area contributed by atoms with Gasteiger partial charge in [0, 0.05) is 6.04 Å². The van der Waals surface area contributed by atoms with Gasteiger partial charge in [0.1, 0.15) is 0 Å².